The molecule has 1 heterocycles. The van der Waals surface area contributed by atoms with Gasteiger partial charge in [0.15, 0.2) is 0 Å². The summed E-state index contributed by atoms with van der Waals surface area (Å²) in [5, 5.41) is 2.85. The first-order valence-corrected chi connectivity index (χ1v) is 8.90. The molecule has 0 saturated carbocycles. The monoisotopic (exact) mass is 333 g/mol. The summed E-state index contributed by atoms with van der Waals surface area (Å²) in [6.45, 7) is 3.24. The maximum atomic E-state index is 11.5. The van der Waals surface area contributed by atoms with Crippen molar-refractivity contribution in [2.75, 3.05) is 18.5 Å². The molecule has 0 saturated heterocycles. The Morgan fingerprint density at radius 2 is 1.96 bits per heavy atom. The van der Waals surface area contributed by atoms with Crippen molar-refractivity contribution < 1.29 is 19.1 Å². The third-order valence-electron chi connectivity index (χ3n) is 4.03. The highest BCUT2D eigenvalue weighted by molar-refractivity contribution is 5.93. The van der Waals surface area contributed by atoms with Crippen molar-refractivity contribution in [2.45, 2.75) is 58.3 Å². The summed E-state index contributed by atoms with van der Waals surface area (Å²) >= 11 is 0. The molecule has 132 valence electrons. The Bertz CT molecular complexity index is 556. The highest BCUT2D eigenvalue weighted by Gasteiger charge is 2.14. The van der Waals surface area contributed by atoms with E-state index < -0.39 is 0 Å². The van der Waals surface area contributed by atoms with E-state index in [1.165, 1.54) is 0 Å². The van der Waals surface area contributed by atoms with E-state index in [4.69, 9.17) is 9.47 Å². The average molecular weight is 333 g/mol. The predicted molar refractivity (Wildman–Crippen MR) is 93.2 cm³/mol. The summed E-state index contributed by atoms with van der Waals surface area (Å²) in [5.41, 5.74) is 1.99. The van der Waals surface area contributed by atoms with Crippen LogP contribution in [0.3, 0.4) is 0 Å². The first kappa shape index (κ1) is 18.3. The van der Waals surface area contributed by atoms with Gasteiger partial charge < -0.3 is 14.8 Å². The number of ether oxygens (including phenoxy) is 2. The summed E-state index contributed by atoms with van der Waals surface area (Å²) in [6, 6.07) is 5.73. The van der Waals surface area contributed by atoms with Gasteiger partial charge in [0, 0.05) is 18.5 Å². The van der Waals surface area contributed by atoms with E-state index in [9.17, 15) is 9.59 Å². The van der Waals surface area contributed by atoms with Crippen LogP contribution in [0.4, 0.5) is 5.69 Å². The second kappa shape index (κ2) is 9.96. The number of aryl methyl sites for hydroxylation is 1. The molecule has 1 aliphatic rings. The normalized spacial score (nSPS) is 13.1. The molecular weight excluding hydrogens is 306 g/mol. The molecule has 0 spiro atoms. The van der Waals surface area contributed by atoms with Gasteiger partial charge in [0.2, 0.25) is 5.91 Å². The van der Waals surface area contributed by atoms with Crippen LogP contribution in [-0.2, 0) is 20.7 Å². The number of carbonyl (C=O) groups excluding carboxylic acids is 2. The second-order valence-corrected chi connectivity index (χ2v) is 6.10. The van der Waals surface area contributed by atoms with Crippen LogP contribution < -0.4 is 10.1 Å². The quantitative estimate of drug-likeness (QED) is 0.522. The summed E-state index contributed by atoms with van der Waals surface area (Å²) in [6.07, 6.45) is 6.50. The molecule has 0 aliphatic carbocycles. The molecule has 0 atom stereocenters. The number of hydrogen-bond acceptors (Lipinski definition) is 4. The number of rotatable bonds is 10. The molecule has 0 radical (unpaired) electrons. The SMILES string of the molecule is CCCCCOC(=O)CCCCOc1ccc2c(c1)CCC(=O)N2. The van der Waals surface area contributed by atoms with Crippen LogP contribution in [-0.4, -0.2) is 25.1 Å². The van der Waals surface area contributed by atoms with Crippen LogP contribution in [0.1, 0.15) is 57.4 Å². The van der Waals surface area contributed by atoms with Crippen LogP contribution in [0.2, 0.25) is 0 Å². The average Bonchev–Trinajstić information content (AvgIpc) is 2.58. The number of hydrogen-bond donors (Lipinski definition) is 1. The molecule has 0 fully saturated rings. The van der Waals surface area contributed by atoms with Gasteiger partial charge >= 0.3 is 5.97 Å². The first-order chi connectivity index (χ1) is 11.7. The summed E-state index contributed by atoms with van der Waals surface area (Å²) < 4.78 is 10.9. The van der Waals surface area contributed by atoms with Crippen LogP contribution >= 0.6 is 0 Å². The lowest BCUT2D eigenvalue weighted by Gasteiger charge is -2.17. The van der Waals surface area contributed by atoms with Gasteiger partial charge in [-0.2, -0.15) is 0 Å². The zero-order valence-electron chi connectivity index (χ0n) is 14.4. The minimum absolute atomic E-state index is 0.0674. The summed E-state index contributed by atoms with van der Waals surface area (Å²) in [7, 11) is 0. The zero-order valence-corrected chi connectivity index (χ0v) is 14.4. The van der Waals surface area contributed by atoms with E-state index >= 15 is 0 Å². The Labute approximate surface area is 143 Å². The molecule has 0 unspecified atom stereocenters. The highest BCUT2D eigenvalue weighted by Crippen LogP contribution is 2.26. The van der Waals surface area contributed by atoms with Gasteiger partial charge in [-0.1, -0.05) is 19.8 Å². The molecular formula is C19H27NO4. The lowest BCUT2D eigenvalue weighted by molar-refractivity contribution is -0.143. The third kappa shape index (κ3) is 6.22. The maximum absolute atomic E-state index is 11.5. The number of unbranched alkanes of at least 4 members (excludes halogenated alkanes) is 3. The number of anilines is 1. The first-order valence-electron chi connectivity index (χ1n) is 8.90. The number of fused-ring (bicyclic) bond motifs is 1. The van der Waals surface area contributed by atoms with Gasteiger partial charge in [-0.25, -0.2) is 0 Å². The van der Waals surface area contributed by atoms with Gasteiger partial charge in [-0.05, 0) is 49.4 Å². The Morgan fingerprint density at radius 3 is 2.79 bits per heavy atom. The van der Waals surface area contributed by atoms with Crippen LogP contribution in [0.25, 0.3) is 0 Å². The fourth-order valence-corrected chi connectivity index (χ4v) is 2.62. The molecule has 24 heavy (non-hydrogen) atoms. The fraction of sp³-hybridized carbons (Fsp3) is 0.579. The Kier molecular flexibility index (Phi) is 7.59. The number of benzene rings is 1. The van der Waals surface area contributed by atoms with Crippen LogP contribution in [0.15, 0.2) is 18.2 Å². The highest BCUT2D eigenvalue weighted by atomic mass is 16.5. The van der Waals surface area contributed by atoms with Gasteiger partial charge in [-0.3, -0.25) is 9.59 Å². The van der Waals surface area contributed by atoms with E-state index in [-0.39, 0.29) is 11.9 Å². The minimum atomic E-state index is -0.115. The fourth-order valence-electron chi connectivity index (χ4n) is 2.62. The number of amides is 1. The largest absolute Gasteiger partial charge is 0.494 e. The van der Waals surface area contributed by atoms with Gasteiger partial charge in [-0.15, -0.1) is 0 Å². The number of nitrogens with one attached hydrogen (secondary N) is 1. The van der Waals surface area contributed by atoms with E-state index in [1.807, 2.05) is 18.2 Å². The molecule has 5 heteroatoms. The topological polar surface area (TPSA) is 64.6 Å². The molecule has 0 bridgehead atoms. The molecule has 1 aliphatic heterocycles. The molecule has 1 amide bonds. The smallest absolute Gasteiger partial charge is 0.305 e. The van der Waals surface area contributed by atoms with Crippen molar-refractivity contribution in [2.24, 2.45) is 0 Å². The van der Waals surface area contributed by atoms with Crippen molar-refractivity contribution in [3.63, 3.8) is 0 Å². The van der Waals surface area contributed by atoms with Crippen LogP contribution in [0.5, 0.6) is 5.75 Å². The number of carbonyl (C=O) groups is 2. The Morgan fingerprint density at radius 1 is 1.12 bits per heavy atom. The van der Waals surface area contributed by atoms with Gasteiger partial charge in [0.05, 0.1) is 13.2 Å². The number of esters is 1. The minimum Gasteiger partial charge on any atom is -0.494 e. The lowest BCUT2D eigenvalue weighted by atomic mass is 10.0. The zero-order chi connectivity index (χ0) is 17.2. The maximum Gasteiger partial charge on any atom is 0.305 e. The standard InChI is InChI=1S/C19H27NO4/c1-2-3-5-13-24-19(22)7-4-6-12-23-16-9-10-17-15(14-16)8-11-18(21)20-17/h9-10,14H,2-8,11-13H2,1H3,(H,20,21). The van der Waals surface area contributed by atoms with Crippen molar-refractivity contribution in [1.29, 1.82) is 0 Å². The van der Waals surface area contributed by atoms with Crippen molar-refractivity contribution in [1.82, 2.24) is 0 Å². The molecule has 0 aromatic heterocycles. The van der Waals surface area contributed by atoms with Crippen molar-refractivity contribution in [3.05, 3.63) is 23.8 Å². The third-order valence-corrected chi connectivity index (χ3v) is 4.03. The van der Waals surface area contributed by atoms with E-state index in [0.717, 1.165) is 55.5 Å². The molecule has 2 rings (SSSR count). The van der Waals surface area contributed by atoms with Gasteiger partial charge in [0.1, 0.15) is 5.75 Å². The van der Waals surface area contributed by atoms with Crippen molar-refractivity contribution in [3.8, 4) is 5.75 Å². The summed E-state index contributed by atoms with van der Waals surface area (Å²) in [4.78, 5) is 22.9. The lowest BCUT2D eigenvalue weighted by Crippen LogP contribution is -2.18. The van der Waals surface area contributed by atoms with Crippen LogP contribution in [0, 0.1) is 0 Å². The Hall–Kier alpha value is -2.04. The molecule has 1 aromatic carbocycles. The van der Waals surface area contributed by atoms with Crippen molar-refractivity contribution >= 4 is 17.6 Å². The molecule has 5 nitrogen and oxygen atoms in total. The second-order valence-electron chi connectivity index (χ2n) is 6.10. The van der Waals surface area contributed by atoms with E-state index in [1.54, 1.807) is 0 Å². The molecule has 1 N–H and O–H groups in total. The Balaban J connectivity index is 1.59. The molecule has 1 aromatic rings. The summed E-state index contributed by atoms with van der Waals surface area (Å²) in [5.74, 6) is 0.764. The van der Waals surface area contributed by atoms with E-state index in [2.05, 4.69) is 12.2 Å². The van der Waals surface area contributed by atoms with Gasteiger partial charge in [0.25, 0.3) is 0 Å². The predicted octanol–water partition coefficient (Wildman–Crippen LogP) is 3.85. The van der Waals surface area contributed by atoms with E-state index in [0.29, 0.717) is 26.1 Å².